The van der Waals surface area contributed by atoms with Gasteiger partial charge in [0.2, 0.25) is 5.91 Å². The van der Waals surface area contributed by atoms with Crippen molar-refractivity contribution in [1.29, 1.82) is 0 Å². The van der Waals surface area contributed by atoms with Gasteiger partial charge in [-0.15, -0.1) is 10.2 Å². The van der Waals surface area contributed by atoms with Crippen LogP contribution in [0.2, 0.25) is 0 Å². The molecular formula is C26H32N6O3. The van der Waals surface area contributed by atoms with Gasteiger partial charge in [-0.3, -0.25) is 4.79 Å². The predicted octanol–water partition coefficient (Wildman–Crippen LogP) is 3.27. The Kier molecular flexibility index (Phi) is 6.79. The summed E-state index contributed by atoms with van der Waals surface area (Å²) in [7, 11) is 3.25. The number of rotatable bonds is 9. The number of nitrogens with two attached hydrogens (primary N) is 1. The van der Waals surface area contributed by atoms with Crippen molar-refractivity contribution in [2.24, 2.45) is 5.73 Å². The summed E-state index contributed by atoms with van der Waals surface area (Å²) in [5.41, 5.74) is 8.11. The molecule has 4 rings (SSSR count). The lowest BCUT2D eigenvalue weighted by molar-refractivity contribution is -0.126. The summed E-state index contributed by atoms with van der Waals surface area (Å²) in [5.74, 6) is 2.51. The third-order valence-electron chi connectivity index (χ3n) is 6.09. The van der Waals surface area contributed by atoms with E-state index in [4.69, 9.17) is 15.2 Å². The molecule has 35 heavy (non-hydrogen) atoms. The third kappa shape index (κ3) is 5.14. The van der Waals surface area contributed by atoms with Gasteiger partial charge in [0, 0.05) is 35.2 Å². The van der Waals surface area contributed by atoms with Gasteiger partial charge in [-0.1, -0.05) is 18.2 Å². The zero-order valence-electron chi connectivity index (χ0n) is 20.8. The maximum Gasteiger partial charge on any atom is 0.240 e. The molecule has 2 heterocycles. The van der Waals surface area contributed by atoms with E-state index in [0.29, 0.717) is 30.3 Å². The van der Waals surface area contributed by atoms with Gasteiger partial charge in [0.15, 0.2) is 5.82 Å². The lowest BCUT2D eigenvalue weighted by Crippen LogP contribution is -2.50. The molecule has 0 aliphatic rings. The van der Waals surface area contributed by atoms with Gasteiger partial charge < -0.3 is 30.1 Å². The number of fused-ring (bicyclic) bond motifs is 1. The van der Waals surface area contributed by atoms with E-state index in [1.807, 2.05) is 54.1 Å². The van der Waals surface area contributed by atoms with E-state index in [1.165, 1.54) is 0 Å². The quantitative estimate of drug-likeness (QED) is 0.341. The highest BCUT2D eigenvalue weighted by Crippen LogP contribution is 2.28. The lowest BCUT2D eigenvalue weighted by atomic mass is 10.0. The SMILES string of the molecule is COc1ccc(Cn2c(C)nnc2C(Cc2c[nH]c3ccccc23)NC(=O)C(C)(C)N)c(OC)c1. The predicted molar refractivity (Wildman–Crippen MR) is 135 cm³/mol. The minimum atomic E-state index is -1.04. The number of H-pyrrole nitrogens is 1. The molecule has 1 atom stereocenters. The normalized spacial score (nSPS) is 12.5. The van der Waals surface area contributed by atoms with E-state index in [2.05, 4.69) is 26.6 Å². The number of nitrogens with zero attached hydrogens (tertiary/aromatic N) is 3. The average molecular weight is 477 g/mol. The largest absolute Gasteiger partial charge is 0.497 e. The van der Waals surface area contributed by atoms with E-state index in [0.717, 1.165) is 27.9 Å². The van der Waals surface area contributed by atoms with E-state index >= 15 is 0 Å². The first kappa shape index (κ1) is 24.3. The molecule has 2 aromatic carbocycles. The Bertz CT molecular complexity index is 1330. The molecule has 0 fully saturated rings. The summed E-state index contributed by atoms with van der Waals surface area (Å²) in [6.07, 6.45) is 2.49. The highest BCUT2D eigenvalue weighted by molar-refractivity contribution is 5.86. The summed E-state index contributed by atoms with van der Waals surface area (Å²) in [4.78, 5) is 16.3. The molecule has 4 aromatic rings. The van der Waals surface area contributed by atoms with Crippen LogP contribution in [0, 0.1) is 6.92 Å². The van der Waals surface area contributed by atoms with Crippen LogP contribution in [0.15, 0.2) is 48.7 Å². The summed E-state index contributed by atoms with van der Waals surface area (Å²) in [5, 5.41) is 13.0. The highest BCUT2D eigenvalue weighted by atomic mass is 16.5. The molecule has 0 aliphatic heterocycles. The third-order valence-corrected chi connectivity index (χ3v) is 6.09. The van der Waals surface area contributed by atoms with Crippen LogP contribution in [0.25, 0.3) is 10.9 Å². The molecule has 9 nitrogen and oxygen atoms in total. The molecule has 4 N–H and O–H groups in total. The number of methoxy groups -OCH3 is 2. The molecule has 184 valence electrons. The number of amides is 1. The smallest absolute Gasteiger partial charge is 0.240 e. The fraction of sp³-hybridized carbons (Fsp3) is 0.346. The van der Waals surface area contributed by atoms with Crippen LogP contribution in [0.3, 0.4) is 0 Å². The number of benzene rings is 2. The number of aromatic nitrogens is 4. The van der Waals surface area contributed by atoms with Crippen molar-refractivity contribution in [1.82, 2.24) is 25.1 Å². The zero-order chi connectivity index (χ0) is 25.2. The molecule has 0 aliphatic carbocycles. The summed E-state index contributed by atoms with van der Waals surface area (Å²) in [6, 6.07) is 13.3. The van der Waals surface area contributed by atoms with E-state index in [9.17, 15) is 4.79 Å². The topological polar surface area (TPSA) is 120 Å². The Hall–Kier alpha value is -3.85. The number of ether oxygens (including phenoxy) is 2. The summed E-state index contributed by atoms with van der Waals surface area (Å²) >= 11 is 0. The van der Waals surface area contributed by atoms with Crippen LogP contribution in [-0.2, 0) is 17.8 Å². The van der Waals surface area contributed by atoms with Crippen molar-refractivity contribution in [2.75, 3.05) is 14.2 Å². The van der Waals surface area contributed by atoms with Crippen LogP contribution < -0.4 is 20.5 Å². The summed E-state index contributed by atoms with van der Waals surface area (Å²) < 4.78 is 12.9. The molecule has 0 spiro atoms. The van der Waals surface area contributed by atoms with Gasteiger partial charge in [-0.2, -0.15) is 0 Å². The maximum atomic E-state index is 13.0. The number of aryl methyl sites for hydroxylation is 1. The molecule has 1 unspecified atom stereocenters. The minimum Gasteiger partial charge on any atom is -0.497 e. The van der Waals surface area contributed by atoms with Crippen molar-refractivity contribution in [3.8, 4) is 11.5 Å². The highest BCUT2D eigenvalue weighted by Gasteiger charge is 2.29. The first-order chi connectivity index (χ1) is 16.7. The van der Waals surface area contributed by atoms with Crippen molar-refractivity contribution in [3.05, 3.63) is 71.4 Å². The molecule has 0 saturated heterocycles. The second-order valence-electron chi connectivity index (χ2n) is 9.18. The number of para-hydroxylation sites is 1. The van der Waals surface area contributed by atoms with Crippen LogP contribution in [-0.4, -0.2) is 45.4 Å². The number of carbonyl (C=O) groups is 1. The second-order valence-corrected chi connectivity index (χ2v) is 9.18. The Labute approximate surface area is 204 Å². The molecule has 0 saturated carbocycles. The van der Waals surface area contributed by atoms with Crippen molar-refractivity contribution < 1.29 is 14.3 Å². The molecule has 0 bridgehead atoms. The fourth-order valence-electron chi connectivity index (χ4n) is 4.07. The van der Waals surface area contributed by atoms with Crippen LogP contribution in [0.4, 0.5) is 0 Å². The number of nitrogens with one attached hydrogen (secondary N) is 2. The number of hydrogen-bond donors (Lipinski definition) is 3. The van der Waals surface area contributed by atoms with Gasteiger partial charge in [0.1, 0.15) is 17.3 Å². The summed E-state index contributed by atoms with van der Waals surface area (Å²) in [6.45, 7) is 5.73. The first-order valence-electron chi connectivity index (χ1n) is 11.5. The van der Waals surface area contributed by atoms with Gasteiger partial charge in [-0.25, -0.2) is 0 Å². The molecule has 1 amide bonds. The number of carbonyl (C=O) groups excluding carboxylic acids is 1. The van der Waals surface area contributed by atoms with Gasteiger partial charge in [0.05, 0.1) is 32.3 Å². The van der Waals surface area contributed by atoms with Gasteiger partial charge in [-0.05, 0) is 44.5 Å². The molecule has 2 aromatic heterocycles. The van der Waals surface area contributed by atoms with E-state index in [-0.39, 0.29) is 5.91 Å². The minimum absolute atomic E-state index is 0.267. The van der Waals surface area contributed by atoms with Gasteiger partial charge in [0.25, 0.3) is 0 Å². The van der Waals surface area contributed by atoms with Crippen LogP contribution >= 0.6 is 0 Å². The second kappa shape index (κ2) is 9.79. The number of aromatic amines is 1. The van der Waals surface area contributed by atoms with Crippen LogP contribution in [0.5, 0.6) is 11.5 Å². The maximum absolute atomic E-state index is 13.0. The van der Waals surface area contributed by atoms with E-state index < -0.39 is 11.6 Å². The van der Waals surface area contributed by atoms with Crippen molar-refractivity contribution in [2.45, 2.75) is 45.3 Å². The Balaban J connectivity index is 1.73. The average Bonchev–Trinajstić information content (AvgIpc) is 3.41. The molecule has 0 radical (unpaired) electrons. The zero-order valence-corrected chi connectivity index (χ0v) is 20.8. The monoisotopic (exact) mass is 476 g/mol. The van der Waals surface area contributed by atoms with Gasteiger partial charge >= 0.3 is 0 Å². The first-order valence-corrected chi connectivity index (χ1v) is 11.5. The van der Waals surface area contributed by atoms with Crippen molar-refractivity contribution in [3.63, 3.8) is 0 Å². The molecular weight excluding hydrogens is 444 g/mol. The van der Waals surface area contributed by atoms with Crippen LogP contribution in [0.1, 0.15) is 42.7 Å². The standard InChI is InChI=1S/C26H32N6O3/c1-16-30-31-24(32(16)15-17-10-11-19(34-4)13-23(17)35-5)22(29-25(33)26(2,3)27)12-18-14-28-21-9-7-6-8-20(18)21/h6-11,13-14,22,28H,12,15,27H2,1-5H3,(H,29,33). The fourth-order valence-corrected chi connectivity index (χ4v) is 4.07. The van der Waals surface area contributed by atoms with Crippen molar-refractivity contribution >= 4 is 16.8 Å². The Morgan fingerprint density at radius 1 is 1.14 bits per heavy atom. The number of hydrogen-bond acceptors (Lipinski definition) is 6. The lowest BCUT2D eigenvalue weighted by Gasteiger charge is -2.25. The molecule has 9 heteroatoms. The Morgan fingerprint density at radius 2 is 1.91 bits per heavy atom. The van der Waals surface area contributed by atoms with E-state index in [1.54, 1.807) is 28.1 Å². The Morgan fingerprint density at radius 3 is 2.63 bits per heavy atom.